The second-order valence-corrected chi connectivity index (χ2v) is 6.10. The lowest BCUT2D eigenvalue weighted by Gasteiger charge is -2.19. The van der Waals surface area contributed by atoms with E-state index in [-0.39, 0.29) is 5.41 Å². The van der Waals surface area contributed by atoms with Crippen LogP contribution in [0, 0.1) is 0 Å². The average molecular weight is 288 g/mol. The van der Waals surface area contributed by atoms with Crippen LogP contribution in [0.1, 0.15) is 32.3 Å². The van der Waals surface area contributed by atoms with Gasteiger partial charge in [-0.05, 0) is 12.1 Å². The van der Waals surface area contributed by atoms with Gasteiger partial charge >= 0.3 is 0 Å². The van der Waals surface area contributed by atoms with Crippen molar-refractivity contribution in [1.82, 2.24) is 14.5 Å². The van der Waals surface area contributed by atoms with E-state index in [1.165, 1.54) is 0 Å². The Morgan fingerprint density at radius 3 is 2.52 bits per heavy atom. The first-order valence-corrected chi connectivity index (χ1v) is 7.21. The summed E-state index contributed by atoms with van der Waals surface area (Å²) in [5, 5.41) is 3.37. The van der Waals surface area contributed by atoms with E-state index in [1.54, 1.807) is 7.11 Å². The predicted molar refractivity (Wildman–Crippen MR) is 84.4 cm³/mol. The lowest BCUT2D eigenvalue weighted by atomic mass is 9.95. The summed E-state index contributed by atoms with van der Waals surface area (Å²) < 4.78 is 7.33. The number of ether oxygens (including phenoxy) is 1. The first-order valence-electron chi connectivity index (χ1n) is 7.21. The van der Waals surface area contributed by atoms with E-state index < -0.39 is 0 Å². The second kappa shape index (κ2) is 6.72. The minimum Gasteiger partial charge on any atom is -0.378 e. The Balaban J connectivity index is 2.08. The number of methoxy groups -OCH3 is 1. The molecule has 2 heterocycles. The van der Waals surface area contributed by atoms with Crippen LogP contribution in [-0.2, 0) is 23.3 Å². The topological polar surface area (TPSA) is 52.0 Å². The van der Waals surface area contributed by atoms with Crippen LogP contribution in [0.4, 0.5) is 5.82 Å². The average Bonchev–Trinajstić information content (AvgIpc) is 2.91. The van der Waals surface area contributed by atoms with Gasteiger partial charge in [-0.25, -0.2) is 9.97 Å². The molecule has 0 radical (unpaired) electrons. The summed E-state index contributed by atoms with van der Waals surface area (Å²) in [6.07, 6.45) is 4.11. The molecule has 0 saturated carbocycles. The lowest BCUT2D eigenvalue weighted by Crippen LogP contribution is -2.19. The summed E-state index contributed by atoms with van der Waals surface area (Å²) in [4.78, 5) is 9.19. The maximum Gasteiger partial charge on any atom is 0.136 e. The van der Waals surface area contributed by atoms with E-state index in [0.717, 1.165) is 30.4 Å². The molecule has 0 spiro atoms. The molecule has 0 bridgehead atoms. The molecular weight excluding hydrogens is 264 g/mol. The Hall–Kier alpha value is -1.88. The fourth-order valence-corrected chi connectivity index (χ4v) is 1.98. The Labute approximate surface area is 126 Å². The fourth-order valence-electron chi connectivity index (χ4n) is 1.98. The van der Waals surface area contributed by atoms with Gasteiger partial charge in [0.25, 0.3) is 0 Å². The minimum absolute atomic E-state index is 0.0827. The van der Waals surface area contributed by atoms with Crippen LogP contribution < -0.4 is 5.32 Å². The summed E-state index contributed by atoms with van der Waals surface area (Å²) in [6.45, 7) is 8.56. The predicted octanol–water partition coefficient (Wildman–Crippen LogP) is 2.83. The minimum atomic E-state index is -0.0827. The number of nitrogens with zero attached hydrogens (tertiary/aromatic N) is 3. The van der Waals surface area contributed by atoms with Gasteiger partial charge < -0.3 is 14.6 Å². The number of aromatic nitrogens is 3. The molecular formula is C16H24N4O. The van der Waals surface area contributed by atoms with E-state index in [0.29, 0.717) is 6.61 Å². The molecule has 2 aromatic rings. The molecule has 0 aliphatic carbocycles. The molecule has 0 fully saturated rings. The van der Waals surface area contributed by atoms with E-state index in [4.69, 9.17) is 4.74 Å². The van der Waals surface area contributed by atoms with Gasteiger partial charge in [0.1, 0.15) is 11.6 Å². The highest BCUT2D eigenvalue weighted by Gasteiger charge is 2.19. The van der Waals surface area contributed by atoms with Crippen LogP contribution in [0.2, 0.25) is 0 Å². The Kier molecular flexibility index (Phi) is 4.96. The number of hydrogen-bond acceptors (Lipinski definition) is 4. The smallest absolute Gasteiger partial charge is 0.136 e. The second-order valence-electron chi connectivity index (χ2n) is 6.10. The Morgan fingerprint density at radius 1 is 1.19 bits per heavy atom. The third-order valence-corrected chi connectivity index (χ3v) is 3.08. The zero-order chi connectivity index (χ0) is 15.3. The standard InChI is InChI=1S/C16H24N4O/c1-16(2,3)15-18-13(12-21-4)11-14(19-15)17-7-10-20-8-5-6-9-20/h5-6,8-9,11H,7,10,12H2,1-4H3,(H,17,18,19). The molecule has 0 amide bonds. The van der Waals surface area contributed by atoms with Crippen molar-refractivity contribution in [2.45, 2.75) is 39.3 Å². The van der Waals surface area contributed by atoms with Crippen molar-refractivity contribution in [3.63, 3.8) is 0 Å². The maximum atomic E-state index is 5.19. The molecule has 0 unspecified atom stereocenters. The van der Waals surface area contributed by atoms with Gasteiger partial charge in [-0.1, -0.05) is 20.8 Å². The van der Waals surface area contributed by atoms with Gasteiger partial charge in [-0.3, -0.25) is 0 Å². The zero-order valence-corrected chi connectivity index (χ0v) is 13.3. The number of hydrogen-bond donors (Lipinski definition) is 1. The summed E-state index contributed by atoms with van der Waals surface area (Å²) >= 11 is 0. The van der Waals surface area contributed by atoms with Crippen molar-refractivity contribution in [3.05, 3.63) is 42.1 Å². The molecule has 2 rings (SSSR count). The molecule has 1 N–H and O–H groups in total. The highest BCUT2D eigenvalue weighted by molar-refractivity contribution is 5.36. The highest BCUT2D eigenvalue weighted by atomic mass is 16.5. The van der Waals surface area contributed by atoms with Gasteiger partial charge in [0.05, 0.1) is 12.3 Å². The third-order valence-electron chi connectivity index (χ3n) is 3.08. The Morgan fingerprint density at radius 2 is 1.90 bits per heavy atom. The van der Waals surface area contributed by atoms with E-state index in [1.807, 2.05) is 18.2 Å². The highest BCUT2D eigenvalue weighted by Crippen LogP contribution is 2.20. The molecule has 5 nitrogen and oxygen atoms in total. The molecule has 0 aliphatic heterocycles. The van der Waals surface area contributed by atoms with Crippen LogP contribution in [0.5, 0.6) is 0 Å². The number of rotatable bonds is 6. The monoisotopic (exact) mass is 288 g/mol. The molecule has 0 aromatic carbocycles. The van der Waals surface area contributed by atoms with E-state index in [2.05, 4.69) is 53.0 Å². The summed E-state index contributed by atoms with van der Waals surface area (Å²) in [6, 6.07) is 6.01. The SMILES string of the molecule is COCc1cc(NCCn2cccc2)nc(C(C)(C)C)n1. The molecule has 5 heteroatoms. The van der Waals surface area contributed by atoms with Crippen LogP contribution >= 0.6 is 0 Å². The zero-order valence-electron chi connectivity index (χ0n) is 13.3. The van der Waals surface area contributed by atoms with Crippen LogP contribution in [-0.4, -0.2) is 28.2 Å². The molecule has 0 aliphatic rings. The number of anilines is 1. The van der Waals surface area contributed by atoms with Crippen molar-refractivity contribution in [2.24, 2.45) is 0 Å². The van der Waals surface area contributed by atoms with Gasteiger partial charge in [-0.15, -0.1) is 0 Å². The number of nitrogens with one attached hydrogen (secondary N) is 1. The molecule has 114 valence electrons. The third kappa shape index (κ3) is 4.56. The Bertz CT molecular complexity index is 558. The summed E-state index contributed by atoms with van der Waals surface area (Å²) in [5.41, 5.74) is 0.821. The van der Waals surface area contributed by atoms with Crippen molar-refractivity contribution >= 4 is 5.82 Å². The first-order chi connectivity index (χ1) is 9.99. The van der Waals surface area contributed by atoms with Crippen LogP contribution in [0.3, 0.4) is 0 Å². The van der Waals surface area contributed by atoms with E-state index in [9.17, 15) is 0 Å². The van der Waals surface area contributed by atoms with E-state index >= 15 is 0 Å². The van der Waals surface area contributed by atoms with Crippen molar-refractivity contribution < 1.29 is 4.74 Å². The van der Waals surface area contributed by atoms with Crippen molar-refractivity contribution in [2.75, 3.05) is 19.0 Å². The van der Waals surface area contributed by atoms with Crippen LogP contribution in [0.15, 0.2) is 30.6 Å². The van der Waals surface area contributed by atoms with Gasteiger partial charge in [0, 0.05) is 44.1 Å². The molecule has 0 saturated heterocycles. The van der Waals surface area contributed by atoms with Crippen molar-refractivity contribution in [3.8, 4) is 0 Å². The van der Waals surface area contributed by atoms with Gasteiger partial charge in [0.15, 0.2) is 0 Å². The normalized spacial score (nSPS) is 11.6. The van der Waals surface area contributed by atoms with Gasteiger partial charge in [-0.2, -0.15) is 0 Å². The van der Waals surface area contributed by atoms with Gasteiger partial charge in [0.2, 0.25) is 0 Å². The molecule has 2 aromatic heterocycles. The largest absolute Gasteiger partial charge is 0.378 e. The van der Waals surface area contributed by atoms with Crippen molar-refractivity contribution in [1.29, 1.82) is 0 Å². The summed E-state index contributed by atoms with van der Waals surface area (Å²) in [7, 11) is 1.68. The quantitative estimate of drug-likeness (QED) is 0.888. The summed E-state index contributed by atoms with van der Waals surface area (Å²) in [5.74, 6) is 1.69. The fraction of sp³-hybridized carbons (Fsp3) is 0.500. The first kappa shape index (κ1) is 15.5. The lowest BCUT2D eigenvalue weighted by molar-refractivity contribution is 0.181. The molecule has 21 heavy (non-hydrogen) atoms. The maximum absolute atomic E-state index is 5.19. The van der Waals surface area contributed by atoms with Crippen LogP contribution in [0.25, 0.3) is 0 Å². The molecule has 0 atom stereocenters.